The van der Waals surface area contributed by atoms with Crippen LogP contribution in [0.2, 0.25) is 5.02 Å². The van der Waals surface area contributed by atoms with Crippen LogP contribution in [0.1, 0.15) is 25.3 Å². The zero-order valence-corrected chi connectivity index (χ0v) is 18.3. The third-order valence-electron chi connectivity index (χ3n) is 5.73. The number of fused-ring (bicyclic) bond motifs is 1. The van der Waals surface area contributed by atoms with Crippen LogP contribution in [0.4, 0.5) is 18.9 Å². The first kappa shape index (κ1) is 23.8. The lowest BCUT2D eigenvalue weighted by Crippen LogP contribution is -2.53. The summed E-state index contributed by atoms with van der Waals surface area (Å²) >= 11 is 5.96. The fourth-order valence-corrected chi connectivity index (χ4v) is 3.77. The maximum absolute atomic E-state index is 14.1. The number of halogens is 4. The molecule has 1 heterocycles. The topological polar surface area (TPSA) is 74.7 Å². The van der Waals surface area contributed by atoms with E-state index in [1.165, 1.54) is 38.3 Å². The maximum Gasteiger partial charge on any atom is 0.422 e. The molecule has 0 aliphatic heterocycles. The van der Waals surface area contributed by atoms with E-state index in [0.717, 1.165) is 0 Å². The van der Waals surface area contributed by atoms with Gasteiger partial charge < -0.3 is 14.8 Å². The molecule has 0 amide bonds. The standard InChI is InChI=1S/C23H22ClF3N2O3/c1-13(16-8-7-15(24)11-20(16)32-3)14(2)22(31,23(25,26)27)12-28-18-5-4-6-19-17(18)9-10-21(30)29-19/h4-14,31H,1-3H3,(H,29,30)/b28-12+. The molecule has 170 valence electrons. The lowest BCUT2D eigenvalue weighted by molar-refractivity contribution is -0.246. The van der Waals surface area contributed by atoms with Gasteiger partial charge in [-0.1, -0.05) is 37.6 Å². The minimum absolute atomic E-state index is 0.186. The number of hydrogen-bond donors (Lipinski definition) is 2. The highest BCUT2D eigenvalue weighted by Gasteiger charge is 2.57. The Hall–Kier alpha value is -2.84. The average Bonchev–Trinajstić information content (AvgIpc) is 2.75. The highest BCUT2D eigenvalue weighted by atomic mass is 35.5. The average molecular weight is 467 g/mol. The molecule has 0 fully saturated rings. The third-order valence-corrected chi connectivity index (χ3v) is 5.96. The summed E-state index contributed by atoms with van der Waals surface area (Å²) < 4.78 is 47.6. The van der Waals surface area contributed by atoms with Crippen LogP contribution < -0.4 is 10.3 Å². The molecule has 9 heteroatoms. The van der Waals surface area contributed by atoms with Crippen molar-refractivity contribution in [1.82, 2.24) is 4.98 Å². The van der Waals surface area contributed by atoms with Crippen LogP contribution in [-0.2, 0) is 0 Å². The summed E-state index contributed by atoms with van der Waals surface area (Å²) in [7, 11) is 1.40. The fraction of sp³-hybridized carbons (Fsp3) is 0.304. The molecule has 3 aromatic rings. The zero-order valence-electron chi connectivity index (χ0n) is 17.6. The van der Waals surface area contributed by atoms with Crippen LogP contribution in [-0.4, -0.2) is 35.2 Å². The number of benzene rings is 2. The maximum atomic E-state index is 14.1. The van der Waals surface area contributed by atoms with Crippen LogP contribution >= 0.6 is 11.6 Å². The van der Waals surface area contributed by atoms with Crippen molar-refractivity contribution in [3.05, 3.63) is 69.5 Å². The van der Waals surface area contributed by atoms with Gasteiger partial charge in [-0.05, 0) is 41.8 Å². The van der Waals surface area contributed by atoms with E-state index in [1.54, 1.807) is 31.2 Å². The van der Waals surface area contributed by atoms with Crippen molar-refractivity contribution in [2.24, 2.45) is 10.9 Å². The van der Waals surface area contributed by atoms with E-state index in [4.69, 9.17) is 16.3 Å². The molecule has 0 aliphatic rings. The summed E-state index contributed by atoms with van der Waals surface area (Å²) in [5.41, 5.74) is -2.49. The summed E-state index contributed by atoms with van der Waals surface area (Å²) in [5, 5.41) is 11.7. The van der Waals surface area contributed by atoms with Gasteiger partial charge in [0.15, 0.2) is 5.60 Å². The number of aliphatic hydroxyl groups is 1. The molecule has 3 rings (SSSR count). The number of alkyl halides is 3. The number of aromatic nitrogens is 1. The second-order valence-electron chi connectivity index (χ2n) is 7.61. The van der Waals surface area contributed by atoms with E-state index < -0.39 is 23.6 Å². The second-order valence-corrected chi connectivity index (χ2v) is 8.04. The number of rotatable bonds is 6. The quantitative estimate of drug-likeness (QED) is 0.463. The first-order valence-electron chi connectivity index (χ1n) is 9.77. The van der Waals surface area contributed by atoms with Crippen molar-refractivity contribution in [1.29, 1.82) is 0 Å². The summed E-state index contributed by atoms with van der Waals surface area (Å²) in [6, 6.07) is 12.1. The Balaban J connectivity index is 2.05. The molecule has 2 aromatic carbocycles. The third kappa shape index (κ3) is 4.52. The van der Waals surface area contributed by atoms with Crippen LogP contribution in [0.3, 0.4) is 0 Å². The van der Waals surface area contributed by atoms with Gasteiger partial charge >= 0.3 is 6.18 Å². The van der Waals surface area contributed by atoms with E-state index in [9.17, 15) is 23.1 Å². The van der Waals surface area contributed by atoms with Gasteiger partial charge in [0.1, 0.15) is 5.75 Å². The molecule has 0 bridgehead atoms. The number of aromatic amines is 1. The lowest BCUT2D eigenvalue weighted by atomic mass is 9.77. The molecule has 2 N–H and O–H groups in total. The van der Waals surface area contributed by atoms with Gasteiger partial charge in [0.05, 0.1) is 18.3 Å². The first-order chi connectivity index (χ1) is 15.0. The molecule has 0 saturated carbocycles. The Labute approximate surface area is 187 Å². The highest BCUT2D eigenvalue weighted by Crippen LogP contribution is 2.44. The Morgan fingerprint density at radius 1 is 1.16 bits per heavy atom. The van der Waals surface area contributed by atoms with Crippen LogP contribution in [0, 0.1) is 5.92 Å². The Morgan fingerprint density at radius 3 is 2.53 bits per heavy atom. The van der Waals surface area contributed by atoms with E-state index in [-0.39, 0.29) is 11.2 Å². The Morgan fingerprint density at radius 2 is 1.88 bits per heavy atom. The largest absolute Gasteiger partial charge is 0.496 e. The lowest BCUT2D eigenvalue weighted by Gasteiger charge is -2.36. The summed E-state index contributed by atoms with van der Waals surface area (Å²) in [6.45, 7) is 2.88. The molecule has 3 unspecified atom stereocenters. The predicted octanol–water partition coefficient (Wildman–Crippen LogP) is 5.63. The molecule has 3 atom stereocenters. The molecule has 0 radical (unpaired) electrons. The Bertz CT molecular complexity index is 1210. The normalized spacial score (nSPS) is 16.1. The second kappa shape index (κ2) is 8.96. The number of methoxy groups -OCH3 is 1. The number of nitrogens with zero attached hydrogens (tertiary/aromatic N) is 1. The van der Waals surface area contributed by atoms with Crippen molar-refractivity contribution in [3.8, 4) is 5.75 Å². The van der Waals surface area contributed by atoms with Gasteiger partial charge in [-0.3, -0.25) is 9.79 Å². The van der Waals surface area contributed by atoms with E-state index in [0.29, 0.717) is 33.5 Å². The smallest absolute Gasteiger partial charge is 0.422 e. The molecule has 32 heavy (non-hydrogen) atoms. The highest BCUT2D eigenvalue weighted by molar-refractivity contribution is 6.30. The SMILES string of the molecule is COc1cc(Cl)ccc1C(C)C(C)C(O)(/C=N/c1cccc2[nH]c(=O)ccc12)C(F)(F)F. The van der Waals surface area contributed by atoms with E-state index in [1.807, 2.05) is 0 Å². The number of H-pyrrole nitrogens is 1. The number of aliphatic imine (C=N–C) groups is 1. The summed E-state index contributed by atoms with van der Waals surface area (Å²) in [5.74, 6) is -1.75. The summed E-state index contributed by atoms with van der Waals surface area (Å²) in [6.07, 6.45) is -4.47. The Kier molecular flexibility index (Phi) is 6.67. The zero-order chi connectivity index (χ0) is 23.7. The minimum atomic E-state index is -5.00. The van der Waals surface area contributed by atoms with Gasteiger partial charge in [0.25, 0.3) is 0 Å². The molecular formula is C23H22ClF3N2O3. The molecule has 0 aliphatic carbocycles. The fourth-order valence-electron chi connectivity index (χ4n) is 3.61. The molecule has 0 saturated heterocycles. The van der Waals surface area contributed by atoms with Gasteiger partial charge in [-0.2, -0.15) is 13.2 Å². The molecule has 1 aromatic heterocycles. The van der Waals surface area contributed by atoms with Crippen LogP contribution in [0.25, 0.3) is 10.9 Å². The number of nitrogens with one attached hydrogen (secondary N) is 1. The van der Waals surface area contributed by atoms with Gasteiger partial charge in [0.2, 0.25) is 5.56 Å². The number of ether oxygens (including phenoxy) is 1. The molecule has 5 nitrogen and oxygen atoms in total. The van der Waals surface area contributed by atoms with Crippen molar-refractivity contribution in [3.63, 3.8) is 0 Å². The van der Waals surface area contributed by atoms with Gasteiger partial charge in [-0.25, -0.2) is 0 Å². The van der Waals surface area contributed by atoms with Crippen molar-refractivity contribution >= 4 is 34.4 Å². The monoisotopic (exact) mass is 466 g/mol. The predicted molar refractivity (Wildman–Crippen MR) is 119 cm³/mol. The van der Waals surface area contributed by atoms with Gasteiger partial charge in [0, 0.05) is 28.6 Å². The van der Waals surface area contributed by atoms with Crippen LogP contribution in [0.5, 0.6) is 5.75 Å². The van der Waals surface area contributed by atoms with Crippen LogP contribution in [0.15, 0.2) is 58.3 Å². The summed E-state index contributed by atoms with van der Waals surface area (Å²) in [4.78, 5) is 18.1. The molecule has 0 spiro atoms. The van der Waals surface area contributed by atoms with Crippen molar-refractivity contribution < 1.29 is 23.0 Å². The first-order valence-corrected chi connectivity index (χ1v) is 10.2. The molecular weight excluding hydrogens is 445 g/mol. The van der Waals surface area contributed by atoms with Crippen molar-refractivity contribution in [2.75, 3.05) is 7.11 Å². The number of hydrogen-bond acceptors (Lipinski definition) is 4. The van der Waals surface area contributed by atoms with Crippen molar-refractivity contribution in [2.45, 2.75) is 31.5 Å². The van der Waals surface area contributed by atoms with E-state index >= 15 is 0 Å². The van der Waals surface area contributed by atoms with E-state index in [2.05, 4.69) is 9.98 Å². The number of pyridine rings is 1. The minimum Gasteiger partial charge on any atom is -0.496 e. The van der Waals surface area contributed by atoms with Gasteiger partial charge in [-0.15, -0.1) is 0 Å².